The molecular weight excluding hydrogens is 311 g/mol. The standard InChI is InChI=1S/C18H19FN2O3/c1-2-3-9-24-15-10-11(7-8-14(15)19)16-12(17(20)22)5-4-6-13(16)18(21)23/h4-8,10H,2-3,9H2,1H3,(H2,20,22)(H2,21,23). The Bertz CT molecular complexity index is 743. The summed E-state index contributed by atoms with van der Waals surface area (Å²) in [5.41, 5.74) is 11.8. The van der Waals surface area contributed by atoms with Crippen LogP contribution in [0.5, 0.6) is 5.75 Å². The van der Waals surface area contributed by atoms with Gasteiger partial charge in [-0.1, -0.05) is 25.5 Å². The minimum Gasteiger partial charge on any atom is -0.490 e. The van der Waals surface area contributed by atoms with Gasteiger partial charge < -0.3 is 16.2 Å². The van der Waals surface area contributed by atoms with Gasteiger partial charge in [0.15, 0.2) is 11.6 Å². The molecule has 0 saturated heterocycles. The fourth-order valence-corrected chi connectivity index (χ4v) is 2.37. The number of nitrogens with two attached hydrogens (primary N) is 2. The summed E-state index contributed by atoms with van der Waals surface area (Å²) in [6.07, 6.45) is 1.70. The SMILES string of the molecule is CCCCOc1cc(-c2c(C(N)=O)cccc2C(N)=O)ccc1F. The maximum atomic E-state index is 13.9. The van der Waals surface area contributed by atoms with Crippen molar-refractivity contribution in [3.8, 4) is 16.9 Å². The summed E-state index contributed by atoms with van der Waals surface area (Å²) in [5, 5.41) is 0. The smallest absolute Gasteiger partial charge is 0.249 e. The highest BCUT2D eigenvalue weighted by atomic mass is 19.1. The molecule has 6 heteroatoms. The Kier molecular flexibility index (Phi) is 5.52. The number of carbonyl (C=O) groups excluding carboxylic acids is 2. The predicted molar refractivity (Wildman–Crippen MR) is 89.3 cm³/mol. The zero-order valence-corrected chi connectivity index (χ0v) is 13.3. The van der Waals surface area contributed by atoms with Crippen LogP contribution in [0.15, 0.2) is 36.4 Å². The van der Waals surface area contributed by atoms with Crippen LogP contribution in [0.4, 0.5) is 4.39 Å². The van der Waals surface area contributed by atoms with Crippen LogP contribution in [-0.4, -0.2) is 18.4 Å². The van der Waals surface area contributed by atoms with Gasteiger partial charge in [-0.25, -0.2) is 4.39 Å². The third-order valence-corrected chi connectivity index (χ3v) is 3.57. The normalized spacial score (nSPS) is 10.4. The van der Waals surface area contributed by atoms with Gasteiger partial charge in [0, 0.05) is 16.7 Å². The van der Waals surface area contributed by atoms with Gasteiger partial charge in [0.1, 0.15) is 0 Å². The molecule has 0 unspecified atom stereocenters. The quantitative estimate of drug-likeness (QED) is 0.764. The van der Waals surface area contributed by atoms with E-state index >= 15 is 0 Å². The molecule has 0 spiro atoms. The lowest BCUT2D eigenvalue weighted by atomic mass is 9.93. The van der Waals surface area contributed by atoms with Crippen molar-refractivity contribution in [2.75, 3.05) is 6.61 Å². The second-order valence-corrected chi connectivity index (χ2v) is 5.30. The molecule has 4 N–H and O–H groups in total. The average Bonchev–Trinajstić information content (AvgIpc) is 2.56. The molecule has 0 atom stereocenters. The molecule has 0 aliphatic carbocycles. The van der Waals surface area contributed by atoms with Crippen molar-refractivity contribution < 1.29 is 18.7 Å². The molecule has 2 aromatic rings. The van der Waals surface area contributed by atoms with Crippen LogP contribution in [0.1, 0.15) is 40.5 Å². The molecule has 0 aliphatic heterocycles. The molecule has 5 nitrogen and oxygen atoms in total. The van der Waals surface area contributed by atoms with E-state index in [1.54, 1.807) is 0 Å². The minimum atomic E-state index is -0.703. The first-order valence-corrected chi connectivity index (χ1v) is 7.61. The number of benzene rings is 2. The van der Waals surface area contributed by atoms with Gasteiger partial charge >= 0.3 is 0 Å². The molecule has 0 saturated carbocycles. The number of carbonyl (C=O) groups is 2. The Labute approximate surface area is 139 Å². The molecule has 0 aliphatic rings. The summed E-state index contributed by atoms with van der Waals surface area (Å²) in [7, 11) is 0. The molecule has 2 amide bonds. The number of amides is 2. The van der Waals surface area contributed by atoms with Crippen molar-refractivity contribution in [1.82, 2.24) is 0 Å². The molecule has 2 rings (SSSR count). The fraction of sp³-hybridized carbons (Fsp3) is 0.222. The third-order valence-electron chi connectivity index (χ3n) is 3.57. The Balaban J connectivity index is 2.57. The maximum absolute atomic E-state index is 13.9. The van der Waals surface area contributed by atoms with Gasteiger partial charge in [0.25, 0.3) is 0 Å². The van der Waals surface area contributed by atoms with Gasteiger partial charge in [-0.2, -0.15) is 0 Å². The second kappa shape index (κ2) is 7.59. The first-order valence-electron chi connectivity index (χ1n) is 7.61. The molecule has 0 radical (unpaired) electrons. The summed E-state index contributed by atoms with van der Waals surface area (Å²) in [5.74, 6) is -1.88. The zero-order valence-electron chi connectivity index (χ0n) is 13.3. The molecule has 126 valence electrons. The number of halogens is 1. The summed E-state index contributed by atoms with van der Waals surface area (Å²) in [6.45, 7) is 2.37. The Morgan fingerprint density at radius 1 is 1.08 bits per heavy atom. The van der Waals surface area contributed by atoms with E-state index in [2.05, 4.69) is 0 Å². The lowest BCUT2D eigenvalue weighted by Gasteiger charge is -2.13. The summed E-state index contributed by atoms with van der Waals surface area (Å²) in [4.78, 5) is 23.4. The fourth-order valence-electron chi connectivity index (χ4n) is 2.37. The van der Waals surface area contributed by atoms with Crippen LogP contribution in [0, 0.1) is 5.82 Å². The number of rotatable bonds is 7. The van der Waals surface area contributed by atoms with Crippen LogP contribution in [0.25, 0.3) is 11.1 Å². The summed E-state index contributed by atoms with van der Waals surface area (Å²) in [6, 6.07) is 8.62. The highest BCUT2D eigenvalue weighted by Crippen LogP contribution is 2.31. The van der Waals surface area contributed by atoms with Crippen LogP contribution in [0.3, 0.4) is 0 Å². The Morgan fingerprint density at radius 2 is 1.71 bits per heavy atom. The van der Waals surface area contributed by atoms with E-state index in [9.17, 15) is 14.0 Å². The van der Waals surface area contributed by atoms with Gasteiger partial charge in [-0.3, -0.25) is 9.59 Å². The van der Waals surface area contributed by atoms with Crippen molar-refractivity contribution in [3.05, 3.63) is 53.3 Å². The van der Waals surface area contributed by atoms with Crippen LogP contribution in [0.2, 0.25) is 0 Å². The van der Waals surface area contributed by atoms with Gasteiger partial charge in [-0.05, 0) is 36.2 Å². The number of hydrogen-bond acceptors (Lipinski definition) is 3. The first kappa shape index (κ1) is 17.5. The highest BCUT2D eigenvalue weighted by molar-refractivity contribution is 6.08. The van der Waals surface area contributed by atoms with Crippen LogP contribution < -0.4 is 16.2 Å². The minimum absolute atomic E-state index is 0.0515. The van der Waals surface area contributed by atoms with Crippen molar-refractivity contribution in [2.45, 2.75) is 19.8 Å². The highest BCUT2D eigenvalue weighted by Gasteiger charge is 2.19. The molecule has 2 aromatic carbocycles. The molecule has 0 heterocycles. The van der Waals surface area contributed by atoms with E-state index in [1.165, 1.54) is 36.4 Å². The maximum Gasteiger partial charge on any atom is 0.249 e. The molecule has 0 aromatic heterocycles. The lowest BCUT2D eigenvalue weighted by molar-refractivity contribution is 0.0999. The average molecular weight is 330 g/mol. The second-order valence-electron chi connectivity index (χ2n) is 5.30. The summed E-state index contributed by atoms with van der Waals surface area (Å²) < 4.78 is 19.4. The van der Waals surface area contributed by atoms with Gasteiger partial charge in [-0.15, -0.1) is 0 Å². The molecule has 0 fully saturated rings. The van der Waals surface area contributed by atoms with Crippen molar-refractivity contribution in [3.63, 3.8) is 0 Å². The number of primary amides is 2. The molecular formula is C18H19FN2O3. The Morgan fingerprint density at radius 3 is 2.25 bits per heavy atom. The van der Waals surface area contributed by atoms with E-state index in [1.807, 2.05) is 6.92 Å². The van der Waals surface area contributed by atoms with E-state index in [0.29, 0.717) is 12.2 Å². The van der Waals surface area contributed by atoms with Crippen molar-refractivity contribution >= 4 is 11.8 Å². The third kappa shape index (κ3) is 3.71. The number of ether oxygens (including phenoxy) is 1. The predicted octanol–water partition coefficient (Wildman–Crippen LogP) is 2.87. The van der Waals surface area contributed by atoms with Gasteiger partial charge in [0.2, 0.25) is 11.8 Å². The monoisotopic (exact) mass is 330 g/mol. The van der Waals surface area contributed by atoms with E-state index in [0.717, 1.165) is 12.8 Å². The Hall–Kier alpha value is -2.89. The number of hydrogen-bond donors (Lipinski definition) is 2. The largest absolute Gasteiger partial charge is 0.490 e. The molecule has 24 heavy (non-hydrogen) atoms. The summed E-state index contributed by atoms with van der Waals surface area (Å²) >= 11 is 0. The van der Waals surface area contributed by atoms with Crippen molar-refractivity contribution in [2.24, 2.45) is 11.5 Å². The van der Waals surface area contributed by atoms with Crippen molar-refractivity contribution in [1.29, 1.82) is 0 Å². The van der Waals surface area contributed by atoms with Gasteiger partial charge in [0.05, 0.1) is 6.61 Å². The topological polar surface area (TPSA) is 95.4 Å². The van der Waals surface area contributed by atoms with Crippen LogP contribution in [-0.2, 0) is 0 Å². The lowest BCUT2D eigenvalue weighted by Crippen LogP contribution is -2.18. The van der Waals surface area contributed by atoms with Crippen LogP contribution >= 0.6 is 0 Å². The first-order chi connectivity index (χ1) is 11.5. The van der Waals surface area contributed by atoms with E-state index in [-0.39, 0.29) is 22.4 Å². The zero-order chi connectivity index (χ0) is 17.7. The molecule has 0 bridgehead atoms. The van der Waals surface area contributed by atoms with E-state index in [4.69, 9.17) is 16.2 Å². The van der Waals surface area contributed by atoms with E-state index < -0.39 is 17.6 Å². The number of unbranched alkanes of at least 4 members (excludes halogenated alkanes) is 1.